The molecule has 0 saturated heterocycles. The van der Waals surface area contributed by atoms with E-state index in [2.05, 4.69) is 58.6 Å². The van der Waals surface area contributed by atoms with E-state index in [4.69, 9.17) is 4.43 Å². The zero-order chi connectivity index (χ0) is 23.2. The Hall–Kier alpha value is -2.44. The van der Waals surface area contributed by atoms with Gasteiger partial charge in [-0.05, 0) is 65.9 Å². The van der Waals surface area contributed by atoms with Crippen molar-refractivity contribution in [3.05, 3.63) is 70.8 Å². The zero-order valence-electron chi connectivity index (χ0n) is 19.8. The van der Waals surface area contributed by atoms with Crippen LogP contribution in [0, 0.1) is 5.92 Å². The van der Waals surface area contributed by atoms with Crippen molar-refractivity contribution in [2.24, 2.45) is 5.92 Å². The third-order valence-corrected chi connectivity index (χ3v) is 10.3. The third kappa shape index (κ3) is 7.33. The Morgan fingerprint density at radius 1 is 0.839 bits per heavy atom. The monoisotopic (exact) mass is 440 g/mol. The van der Waals surface area contributed by atoms with Crippen LogP contribution in [0.2, 0.25) is 18.1 Å². The van der Waals surface area contributed by atoms with Gasteiger partial charge in [0.05, 0.1) is 6.61 Å². The summed E-state index contributed by atoms with van der Waals surface area (Å²) in [6, 6.07) is 14.7. The summed E-state index contributed by atoms with van der Waals surface area (Å²) in [5, 5.41) is 0.153. The molecule has 0 unspecified atom stereocenters. The van der Waals surface area contributed by atoms with Crippen LogP contribution in [0.5, 0.6) is 0 Å². The van der Waals surface area contributed by atoms with E-state index in [1.165, 1.54) is 5.56 Å². The number of carbonyl (C=O) groups is 2. The van der Waals surface area contributed by atoms with Crippen molar-refractivity contribution >= 4 is 20.1 Å². The lowest BCUT2D eigenvalue weighted by Gasteiger charge is -2.36. The van der Waals surface area contributed by atoms with Gasteiger partial charge in [-0.3, -0.25) is 20.4 Å². The summed E-state index contributed by atoms with van der Waals surface area (Å²) in [4.78, 5) is 24.7. The van der Waals surface area contributed by atoms with E-state index in [9.17, 15) is 9.59 Å². The Bertz CT molecular complexity index is 882. The summed E-state index contributed by atoms with van der Waals surface area (Å²) in [5.41, 5.74) is 8.14. The molecular weight excluding hydrogens is 404 g/mol. The first kappa shape index (κ1) is 24.8. The SMILES string of the molecule is CC(C)Cc1ccc(C(=O)NNC(=O)c2ccc(CO[Si](C)(C)C(C)(C)C)cc2)cc1. The van der Waals surface area contributed by atoms with Crippen molar-refractivity contribution in [2.45, 2.75) is 65.8 Å². The van der Waals surface area contributed by atoms with E-state index in [1.807, 2.05) is 24.3 Å². The molecule has 0 heterocycles. The van der Waals surface area contributed by atoms with E-state index in [0.717, 1.165) is 12.0 Å². The number of carbonyl (C=O) groups excluding carboxylic acids is 2. The molecule has 5 nitrogen and oxygen atoms in total. The lowest BCUT2D eigenvalue weighted by molar-refractivity contribution is 0.0846. The first-order valence-electron chi connectivity index (χ1n) is 10.8. The zero-order valence-corrected chi connectivity index (χ0v) is 20.8. The average molecular weight is 441 g/mol. The molecule has 2 rings (SSSR count). The molecule has 2 amide bonds. The molecule has 0 saturated carbocycles. The largest absolute Gasteiger partial charge is 0.413 e. The highest BCUT2D eigenvalue weighted by molar-refractivity contribution is 6.74. The Kier molecular flexibility index (Phi) is 8.20. The molecule has 0 radical (unpaired) electrons. The van der Waals surface area contributed by atoms with Crippen molar-refractivity contribution in [1.82, 2.24) is 10.9 Å². The van der Waals surface area contributed by atoms with Crippen molar-refractivity contribution in [3.8, 4) is 0 Å². The molecular formula is C25H36N2O3Si. The van der Waals surface area contributed by atoms with Crippen molar-refractivity contribution < 1.29 is 14.0 Å². The highest BCUT2D eigenvalue weighted by Gasteiger charge is 2.36. The van der Waals surface area contributed by atoms with Gasteiger partial charge in [-0.15, -0.1) is 0 Å². The van der Waals surface area contributed by atoms with Crippen LogP contribution in [0.4, 0.5) is 0 Å². The van der Waals surface area contributed by atoms with Gasteiger partial charge in [0, 0.05) is 11.1 Å². The second-order valence-corrected chi connectivity index (χ2v) is 14.8. The maximum atomic E-state index is 12.4. The number of rotatable bonds is 7. The number of amides is 2. The quantitative estimate of drug-likeness (QED) is 0.442. The van der Waals surface area contributed by atoms with Gasteiger partial charge in [-0.2, -0.15) is 0 Å². The van der Waals surface area contributed by atoms with Gasteiger partial charge in [0.25, 0.3) is 11.8 Å². The van der Waals surface area contributed by atoms with Gasteiger partial charge in [-0.25, -0.2) is 0 Å². The molecule has 2 aromatic carbocycles. The molecule has 0 aliphatic rings. The molecule has 0 atom stereocenters. The minimum atomic E-state index is -1.82. The summed E-state index contributed by atoms with van der Waals surface area (Å²) in [6.45, 7) is 15.9. The summed E-state index contributed by atoms with van der Waals surface area (Å²) in [5.74, 6) is -0.144. The molecule has 0 aliphatic heterocycles. The second kappa shape index (κ2) is 10.2. The fourth-order valence-corrected chi connectivity index (χ4v) is 3.71. The topological polar surface area (TPSA) is 67.4 Å². The highest BCUT2D eigenvalue weighted by Crippen LogP contribution is 2.37. The van der Waals surface area contributed by atoms with Crippen molar-refractivity contribution in [1.29, 1.82) is 0 Å². The van der Waals surface area contributed by atoms with Crippen LogP contribution in [-0.4, -0.2) is 20.1 Å². The maximum absolute atomic E-state index is 12.4. The van der Waals surface area contributed by atoms with E-state index in [1.54, 1.807) is 24.3 Å². The Morgan fingerprint density at radius 3 is 1.65 bits per heavy atom. The first-order chi connectivity index (χ1) is 14.4. The molecule has 31 heavy (non-hydrogen) atoms. The molecule has 2 aromatic rings. The Labute approximate surface area is 187 Å². The summed E-state index contributed by atoms with van der Waals surface area (Å²) >= 11 is 0. The van der Waals surface area contributed by atoms with Crippen LogP contribution in [0.25, 0.3) is 0 Å². The maximum Gasteiger partial charge on any atom is 0.269 e. The molecule has 6 heteroatoms. The highest BCUT2D eigenvalue weighted by atomic mass is 28.4. The fraction of sp³-hybridized carbons (Fsp3) is 0.440. The standard InChI is InChI=1S/C25H36N2O3Si/c1-18(2)16-19-8-12-21(13-9-19)23(28)26-27-24(29)22-14-10-20(11-15-22)17-30-31(6,7)25(3,4)5/h8-15,18H,16-17H2,1-7H3,(H,26,28)(H,27,29). The molecule has 0 aliphatic carbocycles. The van der Waals surface area contributed by atoms with Gasteiger partial charge in [0.1, 0.15) is 0 Å². The lowest BCUT2D eigenvalue weighted by atomic mass is 10.0. The van der Waals surface area contributed by atoms with Crippen molar-refractivity contribution in [3.63, 3.8) is 0 Å². The van der Waals surface area contributed by atoms with Gasteiger partial charge in [0.2, 0.25) is 0 Å². The van der Waals surface area contributed by atoms with E-state index >= 15 is 0 Å². The van der Waals surface area contributed by atoms with Crippen LogP contribution in [0.1, 0.15) is 66.5 Å². The normalized spacial score (nSPS) is 12.0. The number of hydrogen-bond acceptors (Lipinski definition) is 3. The van der Waals surface area contributed by atoms with Gasteiger partial charge in [0.15, 0.2) is 8.32 Å². The number of benzene rings is 2. The molecule has 168 valence electrons. The van der Waals surface area contributed by atoms with E-state index in [0.29, 0.717) is 23.7 Å². The minimum absolute atomic E-state index is 0.153. The predicted octanol–water partition coefficient (Wildman–Crippen LogP) is 5.48. The Balaban J connectivity index is 1.87. The third-order valence-electron chi connectivity index (χ3n) is 5.77. The first-order valence-corrected chi connectivity index (χ1v) is 13.7. The number of hydrazine groups is 1. The van der Waals surface area contributed by atoms with Crippen LogP contribution in [0.15, 0.2) is 48.5 Å². The van der Waals surface area contributed by atoms with Crippen LogP contribution in [-0.2, 0) is 17.5 Å². The van der Waals surface area contributed by atoms with Gasteiger partial charge in [-0.1, -0.05) is 58.9 Å². The van der Waals surface area contributed by atoms with Gasteiger partial charge < -0.3 is 4.43 Å². The van der Waals surface area contributed by atoms with E-state index < -0.39 is 8.32 Å². The fourth-order valence-electron chi connectivity index (χ4n) is 2.75. The van der Waals surface area contributed by atoms with Crippen LogP contribution < -0.4 is 10.9 Å². The number of hydrogen-bond donors (Lipinski definition) is 2. The number of nitrogens with one attached hydrogen (secondary N) is 2. The van der Waals surface area contributed by atoms with Gasteiger partial charge >= 0.3 is 0 Å². The summed E-state index contributed by atoms with van der Waals surface area (Å²) < 4.78 is 6.22. The molecule has 0 bridgehead atoms. The predicted molar refractivity (Wildman–Crippen MR) is 128 cm³/mol. The van der Waals surface area contributed by atoms with Crippen LogP contribution in [0.3, 0.4) is 0 Å². The summed E-state index contributed by atoms with van der Waals surface area (Å²) in [7, 11) is -1.82. The molecule has 2 N–H and O–H groups in total. The average Bonchev–Trinajstić information content (AvgIpc) is 2.70. The van der Waals surface area contributed by atoms with E-state index in [-0.39, 0.29) is 16.9 Å². The molecule has 0 spiro atoms. The molecule has 0 aromatic heterocycles. The smallest absolute Gasteiger partial charge is 0.269 e. The van der Waals surface area contributed by atoms with Crippen LogP contribution >= 0.6 is 0 Å². The minimum Gasteiger partial charge on any atom is -0.413 e. The lowest BCUT2D eigenvalue weighted by Crippen LogP contribution is -2.41. The second-order valence-electron chi connectivity index (χ2n) is 9.95. The summed E-state index contributed by atoms with van der Waals surface area (Å²) in [6.07, 6.45) is 0.968. The molecule has 0 fully saturated rings. The van der Waals surface area contributed by atoms with Crippen molar-refractivity contribution in [2.75, 3.05) is 0 Å². The Morgan fingerprint density at radius 2 is 1.26 bits per heavy atom.